The van der Waals surface area contributed by atoms with Gasteiger partial charge < -0.3 is 9.84 Å². The summed E-state index contributed by atoms with van der Waals surface area (Å²) in [5, 5.41) is 8.43. The Morgan fingerprint density at radius 2 is 2.22 bits per heavy atom. The molecule has 0 aromatic rings. The zero-order valence-electron chi connectivity index (χ0n) is 9.76. The molecule has 0 aromatic carbocycles. The third kappa shape index (κ3) is 3.74. The van der Waals surface area contributed by atoms with Crippen LogP contribution >= 0.6 is 11.8 Å². The van der Waals surface area contributed by atoms with Gasteiger partial charge in [0.25, 0.3) is 0 Å². The predicted octanol–water partition coefficient (Wildman–Crippen LogP) is 0.631. The Hall–Kier alpha value is -1.02. The lowest BCUT2D eigenvalue weighted by molar-refractivity contribution is -0.137. The highest BCUT2D eigenvalue weighted by atomic mass is 35.5. The fourth-order valence-electron chi connectivity index (χ4n) is 1.64. The molecule has 1 saturated heterocycles. The molecule has 1 heterocycles. The number of nitrogens with zero attached hydrogens (tertiary/aromatic N) is 1. The maximum Gasteiger partial charge on any atom is 0.425 e. The highest BCUT2D eigenvalue weighted by Crippen LogP contribution is 2.28. The number of rotatable bonds is 6. The maximum atomic E-state index is 11.8. The van der Waals surface area contributed by atoms with Crippen molar-refractivity contribution in [1.29, 1.82) is 0 Å². The van der Waals surface area contributed by atoms with Gasteiger partial charge in [-0.25, -0.2) is 17.6 Å². The van der Waals surface area contributed by atoms with E-state index in [-0.39, 0.29) is 31.0 Å². The summed E-state index contributed by atoms with van der Waals surface area (Å²) in [7, 11) is -3.50. The Balaban J connectivity index is 2.60. The van der Waals surface area contributed by atoms with E-state index in [0.29, 0.717) is 0 Å². The molecule has 0 bridgehead atoms. The van der Waals surface area contributed by atoms with Gasteiger partial charge in [0.1, 0.15) is 12.1 Å². The molecule has 0 aromatic heterocycles. The van der Waals surface area contributed by atoms with Crippen molar-refractivity contribution in [2.24, 2.45) is 0 Å². The van der Waals surface area contributed by atoms with Gasteiger partial charge in [0.05, 0.1) is 11.5 Å². The lowest BCUT2D eigenvalue weighted by Gasteiger charge is -2.25. The number of cyclic esters (lactones) is 1. The van der Waals surface area contributed by atoms with Crippen LogP contribution in [0, 0.1) is 0 Å². The number of halogens is 1. The van der Waals surface area contributed by atoms with Gasteiger partial charge >= 0.3 is 12.1 Å². The summed E-state index contributed by atoms with van der Waals surface area (Å²) in [4.78, 5) is 21.4. The SMILES string of the molecule is CC1(CS(=O)(=O)CCCC(=O)O)COC(=O)N1Cl. The molecule has 7 nitrogen and oxygen atoms in total. The molecular formula is C9H14ClNO6S. The van der Waals surface area contributed by atoms with Crippen molar-refractivity contribution in [3.8, 4) is 0 Å². The summed E-state index contributed by atoms with van der Waals surface area (Å²) in [5.41, 5.74) is -1.11. The van der Waals surface area contributed by atoms with Crippen LogP contribution in [-0.4, -0.2) is 53.7 Å². The smallest absolute Gasteiger partial charge is 0.425 e. The quantitative estimate of drug-likeness (QED) is 0.722. The number of carbonyl (C=O) groups excluding carboxylic acids is 1. The average Bonchev–Trinajstić information content (AvgIpc) is 2.44. The van der Waals surface area contributed by atoms with Crippen LogP contribution in [0.5, 0.6) is 0 Å². The van der Waals surface area contributed by atoms with Crippen molar-refractivity contribution in [3.05, 3.63) is 0 Å². The van der Waals surface area contributed by atoms with E-state index in [4.69, 9.17) is 16.9 Å². The Bertz CT molecular complexity index is 450. The zero-order chi connectivity index (χ0) is 14.0. The minimum absolute atomic E-state index is 0.0326. The van der Waals surface area contributed by atoms with Crippen LogP contribution in [0.3, 0.4) is 0 Å². The number of carboxylic acids is 1. The van der Waals surface area contributed by atoms with Crippen LogP contribution < -0.4 is 0 Å². The zero-order valence-corrected chi connectivity index (χ0v) is 11.3. The van der Waals surface area contributed by atoms with E-state index >= 15 is 0 Å². The first-order valence-corrected chi connectivity index (χ1v) is 7.37. The van der Waals surface area contributed by atoms with Crippen molar-refractivity contribution in [2.75, 3.05) is 18.1 Å². The van der Waals surface area contributed by atoms with Crippen molar-refractivity contribution in [1.82, 2.24) is 4.42 Å². The van der Waals surface area contributed by atoms with Gasteiger partial charge in [0.15, 0.2) is 9.84 Å². The second-order valence-corrected chi connectivity index (χ2v) is 6.94. The topological polar surface area (TPSA) is 101 Å². The molecule has 1 amide bonds. The molecule has 9 heteroatoms. The van der Waals surface area contributed by atoms with E-state index in [9.17, 15) is 18.0 Å². The van der Waals surface area contributed by atoms with Crippen LogP contribution in [0.4, 0.5) is 4.79 Å². The van der Waals surface area contributed by atoms with E-state index < -0.39 is 27.4 Å². The Labute approximate surface area is 110 Å². The number of hydrogen-bond donors (Lipinski definition) is 1. The van der Waals surface area contributed by atoms with Gasteiger partial charge in [0, 0.05) is 18.2 Å². The fourth-order valence-corrected chi connectivity index (χ4v) is 3.76. The molecule has 0 spiro atoms. The maximum absolute atomic E-state index is 11.8. The molecule has 0 saturated carbocycles. The Morgan fingerprint density at radius 1 is 1.61 bits per heavy atom. The Morgan fingerprint density at radius 3 is 2.67 bits per heavy atom. The van der Waals surface area contributed by atoms with Crippen molar-refractivity contribution < 1.29 is 27.9 Å². The Kier molecular flexibility index (Phi) is 4.44. The van der Waals surface area contributed by atoms with E-state index in [0.717, 1.165) is 4.42 Å². The van der Waals surface area contributed by atoms with Crippen LogP contribution in [0.1, 0.15) is 19.8 Å². The minimum atomic E-state index is -3.50. The van der Waals surface area contributed by atoms with Crippen LogP contribution in [0.2, 0.25) is 0 Å². The van der Waals surface area contributed by atoms with E-state index in [1.807, 2.05) is 0 Å². The van der Waals surface area contributed by atoms with Gasteiger partial charge in [-0.1, -0.05) is 0 Å². The summed E-state index contributed by atoms with van der Waals surface area (Å²) in [6.45, 7) is 1.40. The average molecular weight is 300 g/mol. The number of ether oxygens (including phenoxy) is 1. The largest absolute Gasteiger partial charge is 0.481 e. The highest BCUT2D eigenvalue weighted by Gasteiger charge is 2.46. The molecule has 1 fully saturated rings. The molecular weight excluding hydrogens is 286 g/mol. The summed E-state index contributed by atoms with van der Waals surface area (Å²) < 4.78 is 29.0. The molecule has 0 aliphatic carbocycles. The number of carbonyl (C=O) groups is 2. The molecule has 1 unspecified atom stereocenters. The van der Waals surface area contributed by atoms with Crippen molar-refractivity contribution in [3.63, 3.8) is 0 Å². The summed E-state index contributed by atoms with van der Waals surface area (Å²) in [6.07, 6.45) is -0.958. The normalized spacial score (nSPS) is 24.1. The standard InChI is InChI=1S/C9H14ClNO6S/c1-9(5-17-8(14)11(9)10)6-18(15,16)4-2-3-7(12)13/h2-6H2,1H3,(H,12,13). The first-order valence-electron chi connectivity index (χ1n) is 5.21. The summed E-state index contributed by atoms with van der Waals surface area (Å²) >= 11 is 5.66. The van der Waals surface area contributed by atoms with Gasteiger partial charge in [-0.15, -0.1) is 0 Å². The molecule has 1 rings (SSSR count). The second kappa shape index (κ2) is 5.31. The summed E-state index contributed by atoms with van der Waals surface area (Å²) in [6, 6.07) is 0. The van der Waals surface area contributed by atoms with Crippen LogP contribution in [-0.2, 0) is 19.4 Å². The summed E-state index contributed by atoms with van der Waals surface area (Å²) in [5.74, 6) is -1.65. The highest BCUT2D eigenvalue weighted by molar-refractivity contribution is 7.91. The monoisotopic (exact) mass is 299 g/mol. The lowest BCUT2D eigenvalue weighted by atomic mass is 10.1. The van der Waals surface area contributed by atoms with E-state index in [1.165, 1.54) is 6.92 Å². The molecule has 1 N–H and O–H groups in total. The second-order valence-electron chi connectivity index (χ2n) is 4.42. The van der Waals surface area contributed by atoms with Gasteiger partial charge in [-0.3, -0.25) is 4.79 Å². The molecule has 18 heavy (non-hydrogen) atoms. The molecule has 0 radical (unpaired) electrons. The molecule has 104 valence electrons. The lowest BCUT2D eigenvalue weighted by Crippen LogP contribution is -2.45. The van der Waals surface area contributed by atoms with E-state index in [1.54, 1.807) is 0 Å². The van der Waals surface area contributed by atoms with E-state index in [2.05, 4.69) is 4.74 Å². The first kappa shape index (κ1) is 15.0. The van der Waals surface area contributed by atoms with Crippen molar-refractivity contribution >= 4 is 33.7 Å². The number of aliphatic carboxylic acids is 1. The van der Waals surface area contributed by atoms with Crippen molar-refractivity contribution in [2.45, 2.75) is 25.3 Å². The third-order valence-electron chi connectivity index (χ3n) is 2.52. The first-order chi connectivity index (χ1) is 8.16. The fraction of sp³-hybridized carbons (Fsp3) is 0.778. The minimum Gasteiger partial charge on any atom is -0.481 e. The van der Waals surface area contributed by atoms with Gasteiger partial charge in [-0.2, -0.15) is 0 Å². The van der Waals surface area contributed by atoms with Crippen LogP contribution in [0.15, 0.2) is 0 Å². The third-order valence-corrected chi connectivity index (χ3v) is 5.04. The van der Waals surface area contributed by atoms with Gasteiger partial charge in [-0.05, 0) is 13.3 Å². The number of sulfone groups is 1. The predicted molar refractivity (Wildman–Crippen MR) is 63.0 cm³/mol. The molecule has 1 aliphatic rings. The number of hydrogen-bond acceptors (Lipinski definition) is 5. The van der Waals surface area contributed by atoms with Gasteiger partial charge in [0.2, 0.25) is 0 Å². The number of carboxylic acid groups (broad SMARTS) is 1. The molecule has 1 aliphatic heterocycles. The van der Waals surface area contributed by atoms with Crippen LogP contribution in [0.25, 0.3) is 0 Å². The molecule has 1 atom stereocenters. The number of amides is 1.